The molecule has 2 aromatic rings. The molecular weight excluding hydrogens is 279 g/mol. The zero-order valence-electron chi connectivity index (χ0n) is 11.3. The van der Waals surface area contributed by atoms with E-state index < -0.39 is 8.03 Å². The summed E-state index contributed by atoms with van der Waals surface area (Å²) in [6, 6.07) is 26.8. The Morgan fingerprint density at radius 1 is 0.619 bits per heavy atom. The van der Waals surface area contributed by atoms with E-state index in [0.29, 0.717) is 11.1 Å². The van der Waals surface area contributed by atoms with Crippen LogP contribution in [-0.2, 0) is 4.57 Å². The lowest BCUT2D eigenvalue weighted by atomic mass is 9.95. The van der Waals surface area contributed by atoms with Gasteiger partial charge in [-0.2, -0.15) is 0 Å². The minimum Gasteiger partial charge on any atom is -0.250 e. The highest BCUT2D eigenvalue weighted by Crippen LogP contribution is 2.29. The Kier molecular flexibility index (Phi) is 4.09. The van der Waals surface area contributed by atoms with Gasteiger partial charge in [-0.15, -0.1) is 0 Å². The Bertz CT molecular complexity index is 701. The van der Waals surface area contributed by atoms with Crippen molar-refractivity contribution in [2.45, 2.75) is 0 Å². The first-order valence-corrected chi connectivity index (χ1v) is 7.86. The van der Waals surface area contributed by atoms with E-state index in [9.17, 15) is 4.57 Å². The fourth-order valence-corrected chi connectivity index (χ4v) is 2.68. The van der Waals surface area contributed by atoms with Gasteiger partial charge in [-0.1, -0.05) is 60.7 Å². The molecular formula is C18H14O2P+. The van der Waals surface area contributed by atoms with Crippen molar-refractivity contribution >= 4 is 13.3 Å². The van der Waals surface area contributed by atoms with Gasteiger partial charge in [0.15, 0.2) is 5.75 Å². The molecule has 0 aromatic heterocycles. The van der Waals surface area contributed by atoms with E-state index in [2.05, 4.69) is 24.3 Å². The number of hydrogen-bond donors (Lipinski definition) is 0. The summed E-state index contributed by atoms with van der Waals surface area (Å²) in [7, 11) is -1.80. The van der Waals surface area contributed by atoms with Crippen molar-refractivity contribution in [1.29, 1.82) is 0 Å². The van der Waals surface area contributed by atoms with Crippen LogP contribution in [0.5, 0.6) is 5.75 Å². The summed E-state index contributed by atoms with van der Waals surface area (Å²) in [5.41, 5.74) is 2.85. The van der Waals surface area contributed by atoms with Gasteiger partial charge in [0.2, 0.25) is 5.30 Å². The second kappa shape index (κ2) is 6.34. The van der Waals surface area contributed by atoms with Crippen LogP contribution in [-0.4, -0.2) is 0 Å². The van der Waals surface area contributed by atoms with Gasteiger partial charge in [-0.3, -0.25) is 4.52 Å². The Morgan fingerprint density at radius 2 is 1.10 bits per heavy atom. The SMILES string of the molecule is O=[P+](Oc1ccccc1)c1ccccc1.c1cc2ccc1-2. The Balaban J connectivity index is 0.000000180. The number of rotatable bonds is 3. The van der Waals surface area contributed by atoms with Crippen molar-refractivity contribution in [3.63, 3.8) is 0 Å². The predicted octanol–water partition coefficient (Wildman–Crippen LogP) is 4.80. The Labute approximate surface area is 124 Å². The smallest absolute Gasteiger partial charge is 0.250 e. The molecule has 0 heterocycles. The van der Waals surface area contributed by atoms with Crippen LogP contribution in [0.15, 0.2) is 84.9 Å². The lowest BCUT2D eigenvalue weighted by molar-refractivity contribution is 0.514. The molecule has 4 rings (SSSR count). The van der Waals surface area contributed by atoms with Crippen molar-refractivity contribution in [1.82, 2.24) is 0 Å². The van der Waals surface area contributed by atoms with Crippen LogP contribution in [0.3, 0.4) is 0 Å². The highest BCUT2D eigenvalue weighted by atomic mass is 31.1. The summed E-state index contributed by atoms with van der Waals surface area (Å²) >= 11 is 0. The fourth-order valence-electron chi connectivity index (χ4n) is 1.84. The normalized spacial score (nSPS) is 11.0. The van der Waals surface area contributed by atoms with Gasteiger partial charge in [0.05, 0.1) is 0 Å². The molecule has 1 unspecified atom stereocenters. The molecule has 3 heteroatoms. The van der Waals surface area contributed by atoms with E-state index in [0.717, 1.165) is 0 Å². The second-order valence-corrected chi connectivity index (χ2v) is 5.79. The first-order chi connectivity index (χ1) is 10.3. The van der Waals surface area contributed by atoms with Crippen LogP contribution < -0.4 is 9.83 Å². The highest BCUT2D eigenvalue weighted by Gasteiger charge is 2.22. The summed E-state index contributed by atoms with van der Waals surface area (Å²) < 4.78 is 17.0. The Hall–Kier alpha value is -2.44. The van der Waals surface area contributed by atoms with Gasteiger partial charge in [-0.05, 0) is 40.0 Å². The molecule has 0 radical (unpaired) electrons. The maximum atomic E-state index is 11.7. The molecule has 0 aliphatic heterocycles. The fraction of sp³-hybridized carbons (Fsp3) is 0. The lowest BCUT2D eigenvalue weighted by Crippen LogP contribution is -1.98. The molecule has 0 spiro atoms. The molecule has 0 bridgehead atoms. The van der Waals surface area contributed by atoms with Crippen LogP contribution in [0, 0.1) is 0 Å². The first-order valence-electron chi connectivity index (χ1n) is 6.69. The van der Waals surface area contributed by atoms with Crippen molar-refractivity contribution in [2.24, 2.45) is 0 Å². The number of benzene rings is 3. The predicted molar refractivity (Wildman–Crippen MR) is 86.2 cm³/mol. The van der Waals surface area contributed by atoms with E-state index in [4.69, 9.17) is 4.52 Å². The molecule has 0 amide bonds. The minimum atomic E-state index is -1.80. The summed E-state index contributed by atoms with van der Waals surface area (Å²) in [6.07, 6.45) is 0. The quantitative estimate of drug-likeness (QED) is 0.507. The molecule has 2 aliphatic carbocycles. The molecule has 0 N–H and O–H groups in total. The monoisotopic (exact) mass is 293 g/mol. The molecule has 0 saturated heterocycles. The third-order valence-corrected chi connectivity index (χ3v) is 4.21. The van der Waals surface area contributed by atoms with E-state index in [1.54, 1.807) is 24.3 Å². The third kappa shape index (κ3) is 3.36. The van der Waals surface area contributed by atoms with E-state index >= 15 is 0 Å². The van der Waals surface area contributed by atoms with Crippen LogP contribution in [0.1, 0.15) is 0 Å². The zero-order chi connectivity index (χ0) is 14.5. The van der Waals surface area contributed by atoms with Gasteiger partial charge < -0.3 is 0 Å². The molecule has 2 nitrogen and oxygen atoms in total. The summed E-state index contributed by atoms with van der Waals surface area (Å²) in [6.45, 7) is 0. The number of fused-ring (bicyclic) bond motifs is 1. The lowest BCUT2D eigenvalue weighted by Gasteiger charge is -2.10. The van der Waals surface area contributed by atoms with Crippen LogP contribution in [0.2, 0.25) is 0 Å². The highest BCUT2D eigenvalue weighted by molar-refractivity contribution is 7.48. The number of hydrogen-bond acceptors (Lipinski definition) is 2. The van der Waals surface area contributed by atoms with E-state index in [1.807, 2.05) is 36.4 Å². The van der Waals surface area contributed by atoms with Gasteiger partial charge in [0.25, 0.3) is 0 Å². The van der Waals surface area contributed by atoms with Crippen molar-refractivity contribution in [3.8, 4) is 16.9 Å². The van der Waals surface area contributed by atoms with Crippen LogP contribution in [0.4, 0.5) is 0 Å². The van der Waals surface area contributed by atoms with Gasteiger partial charge in [0.1, 0.15) is 0 Å². The van der Waals surface area contributed by atoms with Crippen molar-refractivity contribution in [2.75, 3.05) is 0 Å². The molecule has 0 fully saturated rings. The van der Waals surface area contributed by atoms with Crippen molar-refractivity contribution < 1.29 is 9.09 Å². The Morgan fingerprint density at radius 3 is 1.52 bits per heavy atom. The maximum Gasteiger partial charge on any atom is 0.597 e. The molecule has 2 aromatic carbocycles. The zero-order valence-corrected chi connectivity index (χ0v) is 12.2. The summed E-state index contributed by atoms with van der Waals surface area (Å²) in [4.78, 5) is 0. The summed E-state index contributed by atoms with van der Waals surface area (Å²) in [5, 5.41) is 0.705. The molecule has 0 saturated carbocycles. The first kappa shape index (κ1) is 13.5. The van der Waals surface area contributed by atoms with Crippen molar-refractivity contribution in [3.05, 3.63) is 84.9 Å². The van der Waals surface area contributed by atoms with Crippen LogP contribution >= 0.6 is 8.03 Å². The van der Waals surface area contributed by atoms with Crippen LogP contribution in [0.25, 0.3) is 11.1 Å². The molecule has 21 heavy (non-hydrogen) atoms. The van der Waals surface area contributed by atoms with Gasteiger partial charge in [-0.25, -0.2) is 0 Å². The van der Waals surface area contributed by atoms with Gasteiger partial charge >= 0.3 is 8.03 Å². The second-order valence-electron chi connectivity index (χ2n) is 4.57. The third-order valence-electron chi connectivity index (χ3n) is 3.12. The maximum absolute atomic E-state index is 11.7. The summed E-state index contributed by atoms with van der Waals surface area (Å²) in [5.74, 6) is 0.627. The topological polar surface area (TPSA) is 26.3 Å². The standard InChI is InChI=1S/C12H10O2P.C6H4/c13-15(12-9-5-2-6-10-12)14-11-7-3-1-4-8-11;1-2-6-4-3-5(1)6/h1-10H;1-4H/q+1;. The van der Waals surface area contributed by atoms with E-state index in [-0.39, 0.29) is 0 Å². The average Bonchev–Trinajstić information content (AvgIpc) is 2.53. The minimum absolute atomic E-state index is 0.627. The van der Waals surface area contributed by atoms with Gasteiger partial charge in [0, 0.05) is 0 Å². The molecule has 2 aliphatic rings. The number of para-hydroxylation sites is 1. The molecule has 102 valence electrons. The largest absolute Gasteiger partial charge is 0.597 e. The average molecular weight is 293 g/mol. The molecule has 1 atom stereocenters. The van der Waals surface area contributed by atoms with E-state index in [1.165, 1.54) is 11.1 Å².